The third kappa shape index (κ3) is 1.58. The minimum absolute atomic E-state index is 0.0148. The third-order valence-corrected chi connectivity index (χ3v) is 1.95. The summed E-state index contributed by atoms with van der Waals surface area (Å²) in [5, 5.41) is 12.7. The Hall–Kier alpha value is -0.350. The molecule has 3 nitrogen and oxygen atoms in total. The van der Waals surface area contributed by atoms with Crippen molar-refractivity contribution in [3.05, 3.63) is 10.9 Å². The Bertz CT molecular complexity index is 202. The Morgan fingerprint density at radius 3 is 3.00 bits per heavy atom. The van der Waals surface area contributed by atoms with Crippen LogP contribution in [-0.4, -0.2) is 23.1 Å². The SMILES string of the molecule is CSC1=NCC(Cl)=C(O)N1. The Balaban J connectivity index is 2.63. The van der Waals surface area contributed by atoms with Crippen molar-refractivity contribution in [2.24, 2.45) is 4.99 Å². The number of amidine groups is 1. The largest absolute Gasteiger partial charge is 0.494 e. The monoisotopic (exact) mass is 178 g/mol. The van der Waals surface area contributed by atoms with E-state index in [1.54, 1.807) is 0 Å². The number of halogens is 1. The summed E-state index contributed by atoms with van der Waals surface area (Å²) >= 11 is 6.98. The van der Waals surface area contributed by atoms with Crippen molar-refractivity contribution >= 4 is 28.5 Å². The lowest BCUT2D eigenvalue weighted by Crippen LogP contribution is -2.24. The number of nitrogens with one attached hydrogen (secondary N) is 1. The van der Waals surface area contributed by atoms with Gasteiger partial charge in [-0.05, 0) is 6.26 Å². The maximum atomic E-state index is 9.02. The van der Waals surface area contributed by atoms with Crippen LogP contribution in [0, 0.1) is 0 Å². The summed E-state index contributed by atoms with van der Waals surface area (Å²) in [4.78, 5) is 4.00. The average Bonchev–Trinajstić information content (AvgIpc) is 1.95. The van der Waals surface area contributed by atoms with Crippen LogP contribution in [0.2, 0.25) is 0 Å². The van der Waals surface area contributed by atoms with Crippen LogP contribution in [-0.2, 0) is 0 Å². The van der Waals surface area contributed by atoms with Crippen molar-refractivity contribution in [1.29, 1.82) is 0 Å². The Labute approximate surface area is 68.2 Å². The predicted molar refractivity (Wildman–Crippen MR) is 44.5 cm³/mol. The Morgan fingerprint density at radius 2 is 2.50 bits per heavy atom. The molecule has 0 atom stereocenters. The number of aliphatic hydroxyl groups excluding tert-OH is 1. The second-order valence-electron chi connectivity index (χ2n) is 1.70. The van der Waals surface area contributed by atoms with Crippen molar-refractivity contribution in [3.8, 4) is 0 Å². The van der Waals surface area contributed by atoms with E-state index in [-0.39, 0.29) is 5.88 Å². The number of aliphatic imine (C=N–C) groups is 1. The fourth-order valence-corrected chi connectivity index (χ4v) is 1.04. The second-order valence-corrected chi connectivity index (χ2v) is 2.96. The van der Waals surface area contributed by atoms with Gasteiger partial charge in [0.15, 0.2) is 5.17 Å². The highest BCUT2D eigenvalue weighted by atomic mass is 35.5. The Morgan fingerprint density at radius 1 is 1.80 bits per heavy atom. The zero-order valence-electron chi connectivity index (χ0n) is 5.39. The van der Waals surface area contributed by atoms with E-state index >= 15 is 0 Å². The minimum atomic E-state index is 0.0148. The number of thioether (sulfide) groups is 1. The van der Waals surface area contributed by atoms with Crippen LogP contribution >= 0.6 is 23.4 Å². The molecule has 0 fully saturated rings. The second kappa shape index (κ2) is 3.16. The van der Waals surface area contributed by atoms with Gasteiger partial charge in [-0.15, -0.1) is 0 Å². The topological polar surface area (TPSA) is 44.6 Å². The van der Waals surface area contributed by atoms with Crippen molar-refractivity contribution in [2.45, 2.75) is 0 Å². The van der Waals surface area contributed by atoms with Crippen LogP contribution in [0.3, 0.4) is 0 Å². The maximum Gasteiger partial charge on any atom is 0.207 e. The fourth-order valence-electron chi connectivity index (χ4n) is 0.540. The first-order valence-electron chi connectivity index (χ1n) is 2.67. The zero-order valence-corrected chi connectivity index (χ0v) is 6.96. The molecule has 0 aromatic carbocycles. The molecule has 0 amide bonds. The van der Waals surface area contributed by atoms with Crippen molar-refractivity contribution in [3.63, 3.8) is 0 Å². The maximum absolute atomic E-state index is 9.02. The molecule has 0 aliphatic carbocycles. The van der Waals surface area contributed by atoms with Crippen LogP contribution in [0.5, 0.6) is 0 Å². The van der Waals surface area contributed by atoms with Gasteiger partial charge < -0.3 is 10.4 Å². The standard InChI is InChI=1S/C5H7ClN2OS/c1-10-5-7-2-3(6)4(9)8-5/h9H,2H2,1H3,(H,7,8). The lowest BCUT2D eigenvalue weighted by atomic mass is 10.5. The quantitative estimate of drug-likeness (QED) is 0.588. The Kier molecular flexibility index (Phi) is 2.45. The summed E-state index contributed by atoms with van der Waals surface area (Å²) < 4.78 is 0. The summed E-state index contributed by atoms with van der Waals surface area (Å²) in [5.74, 6) is 0.0148. The van der Waals surface area contributed by atoms with E-state index in [1.165, 1.54) is 11.8 Å². The lowest BCUT2D eigenvalue weighted by molar-refractivity contribution is 0.382. The molecule has 0 saturated heterocycles. The van der Waals surface area contributed by atoms with Gasteiger partial charge in [0.05, 0.1) is 11.6 Å². The van der Waals surface area contributed by atoms with Crippen LogP contribution < -0.4 is 5.32 Å². The van der Waals surface area contributed by atoms with Gasteiger partial charge in [-0.3, -0.25) is 4.99 Å². The summed E-state index contributed by atoms with van der Waals surface area (Å²) in [5.41, 5.74) is 0. The first-order valence-corrected chi connectivity index (χ1v) is 4.27. The van der Waals surface area contributed by atoms with E-state index in [1.807, 2.05) is 6.26 Å². The lowest BCUT2D eigenvalue weighted by Gasteiger charge is -2.12. The van der Waals surface area contributed by atoms with Gasteiger partial charge in [0, 0.05) is 0 Å². The molecule has 5 heteroatoms. The smallest absolute Gasteiger partial charge is 0.207 e. The van der Waals surface area contributed by atoms with Crippen molar-refractivity contribution in [2.75, 3.05) is 12.8 Å². The van der Waals surface area contributed by atoms with Crippen LogP contribution in [0.15, 0.2) is 15.9 Å². The van der Waals surface area contributed by atoms with Crippen molar-refractivity contribution < 1.29 is 5.11 Å². The van der Waals surface area contributed by atoms with Gasteiger partial charge in [-0.25, -0.2) is 0 Å². The van der Waals surface area contributed by atoms with Gasteiger partial charge in [0.1, 0.15) is 0 Å². The molecule has 0 unspecified atom stereocenters. The molecule has 0 saturated carbocycles. The molecule has 1 heterocycles. The number of hydrogen-bond acceptors (Lipinski definition) is 4. The molecule has 0 bridgehead atoms. The van der Waals surface area contributed by atoms with Gasteiger partial charge in [0.25, 0.3) is 0 Å². The summed E-state index contributed by atoms with van der Waals surface area (Å²) in [6.45, 7) is 0.372. The van der Waals surface area contributed by atoms with Crippen LogP contribution in [0.4, 0.5) is 0 Å². The first-order chi connectivity index (χ1) is 4.74. The van der Waals surface area contributed by atoms with E-state index in [9.17, 15) is 0 Å². The van der Waals surface area contributed by atoms with E-state index in [0.717, 1.165) is 0 Å². The molecule has 10 heavy (non-hydrogen) atoms. The molecule has 2 N–H and O–H groups in total. The van der Waals surface area contributed by atoms with Gasteiger partial charge >= 0.3 is 0 Å². The van der Waals surface area contributed by atoms with Crippen LogP contribution in [0.1, 0.15) is 0 Å². The normalized spacial score (nSPS) is 18.4. The van der Waals surface area contributed by atoms with Crippen molar-refractivity contribution in [1.82, 2.24) is 5.32 Å². The number of aliphatic hydroxyl groups is 1. The molecule has 0 radical (unpaired) electrons. The molecule has 1 aliphatic heterocycles. The van der Waals surface area contributed by atoms with E-state index in [2.05, 4.69) is 10.3 Å². The molecule has 0 aromatic rings. The molecule has 1 rings (SSSR count). The summed E-state index contributed by atoms with van der Waals surface area (Å²) in [6.07, 6.45) is 1.87. The summed E-state index contributed by atoms with van der Waals surface area (Å²) in [6, 6.07) is 0. The molecular formula is C5H7ClN2OS. The van der Waals surface area contributed by atoms with Gasteiger partial charge in [0.2, 0.25) is 5.88 Å². The molecule has 56 valence electrons. The zero-order chi connectivity index (χ0) is 7.56. The highest BCUT2D eigenvalue weighted by Gasteiger charge is 2.10. The highest BCUT2D eigenvalue weighted by Crippen LogP contribution is 2.12. The molecular weight excluding hydrogens is 172 g/mol. The summed E-state index contributed by atoms with van der Waals surface area (Å²) in [7, 11) is 0. The average molecular weight is 179 g/mol. The highest BCUT2D eigenvalue weighted by molar-refractivity contribution is 8.13. The molecule has 0 aromatic heterocycles. The molecule has 1 aliphatic rings. The molecule has 0 spiro atoms. The van der Waals surface area contributed by atoms with E-state index < -0.39 is 0 Å². The number of nitrogens with zero attached hydrogens (tertiary/aromatic N) is 1. The third-order valence-electron chi connectivity index (χ3n) is 1.04. The minimum Gasteiger partial charge on any atom is -0.494 e. The number of rotatable bonds is 0. The van der Waals surface area contributed by atoms with Gasteiger partial charge in [-0.1, -0.05) is 23.4 Å². The van der Waals surface area contributed by atoms with E-state index in [0.29, 0.717) is 16.7 Å². The predicted octanol–water partition coefficient (Wildman–Crippen LogP) is 1.27. The fraction of sp³-hybridized carbons (Fsp3) is 0.400. The number of hydrogen-bond donors (Lipinski definition) is 2. The first kappa shape index (κ1) is 7.75. The van der Waals surface area contributed by atoms with E-state index in [4.69, 9.17) is 16.7 Å². The van der Waals surface area contributed by atoms with Gasteiger partial charge in [-0.2, -0.15) is 0 Å². The van der Waals surface area contributed by atoms with Crippen LogP contribution in [0.25, 0.3) is 0 Å².